The summed E-state index contributed by atoms with van der Waals surface area (Å²) in [7, 11) is 0. The number of hydrogen-bond donors (Lipinski definition) is 2. The van der Waals surface area contributed by atoms with Gasteiger partial charge in [-0.25, -0.2) is 0 Å². The SMILES string of the molecule is N#Cc1ccc(CNc2ccc(SCCCO)cc2)cc1. The quantitative estimate of drug-likeness (QED) is 0.605. The number of nitrogens with zero attached hydrogens (tertiary/aromatic N) is 1. The molecule has 108 valence electrons. The summed E-state index contributed by atoms with van der Waals surface area (Å²) in [5, 5.41) is 20.9. The highest BCUT2D eigenvalue weighted by atomic mass is 32.2. The Hall–Kier alpha value is -1.96. The standard InChI is InChI=1S/C17H18N2OS/c18-12-14-2-4-15(5-3-14)13-19-16-6-8-17(9-7-16)21-11-1-10-20/h2-9,19-20H,1,10-11,13H2. The van der Waals surface area contributed by atoms with E-state index in [9.17, 15) is 0 Å². The first-order chi connectivity index (χ1) is 10.3. The lowest BCUT2D eigenvalue weighted by molar-refractivity contribution is 0.296. The summed E-state index contributed by atoms with van der Waals surface area (Å²) in [5.74, 6) is 0.939. The van der Waals surface area contributed by atoms with Crippen molar-refractivity contribution in [3.63, 3.8) is 0 Å². The van der Waals surface area contributed by atoms with E-state index in [0.717, 1.165) is 30.0 Å². The molecular formula is C17H18N2OS. The van der Waals surface area contributed by atoms with Crippen LogP contribution in [-0.2, 0) is 6.54 Å². The van der Waals surface area contributed by atoms with Crippen LogP contribution in [0.15, 0.2) is 53.4 Å². The second-order valence-corrected chi connectivity index (χ2v) is 5.78. The molecule has 2 aromatic carbocycles. The maximum Gasteiger partial charge on any atom is 0.0991 e. The Kier molecular flexibility index (Phi) is 6.14. The molecule has 0 aliphatic heterocycles. The van der Waals surface area contributed by atoms with E-state index < -0.39 is 0 Å². The molecule has 2 aromatic rings. The third kappa shape index (κ3) is 5.14. The lowest BCUT2D eigenvalue weighted by Gasteiger charge is -2.08. The first kappa shape index (κ1) is 15.4. The first-order valence-electron chi connectivity index (χ1n) is 6.88. The number of hydrogen-bond acceptors (Lipinski definition) is 4. The molecule has 0 fully saturated rings. The van der Waals surface area contributed by atoms with E-state index in [1.54, 1.807) is 11.8 Å². The van der Waals surface area contributed by atoms with Crippen molar-refractivity contribution in [3.8, 4) is 6.07 Å². The number of aliphatic hydroxyl groups is 1. The maximum absolute atomic E-state index is 8.76. The highest BCUT2D eigenvalue weighted by molar-refractivity contribution is 7.99. The largest absolute Gasteiger partial charge is 0.396 e. The zero-order valence-electron chi connectivity index (χ0n) is 11.7. The summed E-state index contributed by atoms with van der Waals surface area (Å²) in [4.78, 5) is 1.22. The van der Waals surface area contributed by atoms with Crippen molar-refractivity contribution in [2.45, 2.75) is 17.9 Å². The lowest BCUT2D eigenvalue weighted by atomic mass is 10.1. The highest BCUT2D eigenvalue weighted by Crippen LogP contribution is 2.21. The molecule has 21 heavy (non-hydrogen) atoms. The zero-order valence-corrected chi connectivity index (χ0v) is 12.6. The smallest absolute Gasteiger partial charge is 0.0991 e. The molecule has 0 spiro atoms. The molecule has 0 saturated carbocycles. The van der Waals surface area contributed by atoms with Crippen LogP contribution in [0.1, 0.15) is 17.5 Å². The Labute approximate surface area is 129 Å². The molecule has 2 N–H and O–H groups in total. The van der Waals surface area contributed by atoms with Gasteiger partial charge in [-0.2, -0.15) is 5.26 Å². The van der Waals surface area contributed by atoms with Crippen molar-refractivity contribution in [2.75, 3.05) is 17.7 Å². The van der Waals surface area contributed by atoms with Crippen LogP contribution in [0.2, 0.25) is 0 Å². The van der Waals surface area contributed by atoms with Crippen molar-refractivity contribution in [2.24, 2.45) is 0 Å². The lowest BCUT2D eigenvalue weighted by Crippen LogP contribution is -1.99. The monoisotopic (exact) mass is 298 g/mol. The zero-order chi connectivity index (χ0) is 14.9. The van der Waals surface area contributed by atoms with Gasteiger partial charge in [0.1, 0.15) is 0 Å². The van der Waals surface area contributed by atoms with Crippen LogP contribution >= 0.6 is 11.8 Å². The molecule has 0 amide bonds. The number of aliphatic hydroxyl groups excluding tert-OH is 1. The Balaban J connectivity index is 1.84. The molecule has 0 atom stereocenters. The van der Waals surface area contributed by atoms with E-state index in [2.05, 4.69) is 35.7 Å². The predicted octanol–water partition coefficient (Wildman–Crippen LogP) is 3.64. The van der Waals surface area contributed by atoms with Crippen LogP contribution in [0.4, 0.5) is 5.69 Å². The number of rotatable bonds is 7. The van der Waals surface area contributed by atoms with Gasteiger partial charge in [0.15, 0.2) is 0 Å². The van der Waals surface area contributed by atoms with Gasteiger partial charge in [0.25, 0.3) is 0 Å². The van der Waals surface area contributed by atoms with Gasteiger partial charge in [-0.15, -0.1) is 11.8 Å². The van der Waals surface area contributed by atoms with E-state index in [1.165, 1.54) is 4.90 Å². The van der Waals surface area contributed by atoms with Crippen molar-refractivity contribution in [3.05, 3.63) is 59.7 Å². The summed E-state index contributed by atoms with van der Waals surface area (Å²) in [6.45, 7) is 0.986. The fraction of sp³-hybridized carbons (Fsp3) is 0.235. The summed E-state index contributed by atoms with van der Waals surface area (Å²) in [6, 6.07) is 18.0. The third-order valence-electron chi connectivity index (χ3n) is 3.01. The van der Waals surface area contributed by atoms with Crippen LogP contribution in [0.5, 0.6) is 0 Å². The molecule has 4 heteroatoms. The van der Waals surface area contributed by atoms with Gasteiger partial charge in [0, 0.05) is 29.5 Å². The molecule has 0 aromatic heterocycles. The number of nitrogens with one attached hydrogen (secondary N) is 1. The van der Waals surface area contributed by atoms with Crippen LogP contribution in [0.25, 0.3) is 0 Å². The number of benzene rings is 2. The van der Waals surface area contributed by atoms with E-state index >= 15 is 0 Å². The van der Waals surface area contributed by atoms with Gasteiger partial charge in [0.2, 0.25) is 0 Å². The van der Waals surface area contributed by atoms with Gasteiger partial charge in [-0.05, 0) is 48.4 Å². The fourth-order valence-corrected chi connectivity index (χ4v) is 2.66. The van der Waals surface area contributed by atoms with Gasteiger partial charge in [0.05, 0.1) is 11.6 Å². The number of thioether (sulfide) groups is 1. The Bertz CT molecular complexity index is 588. The van der Waals surface area contributed by atoms with Crippen LogP contribution < -0.4 is 5.32 Å². The van der Waals surface area contributed by atoms with Crippen molar-refractivity contribution in [1.82, 2.24) is 0 Å². The topological polar surface area (TPSA) is 56.0 Å². The Morgan fingerprint density at radius 1 is 1.05 bits per heavy atom. The van der Waals surface area contributed by atoms with Gasteiger partial charge >= 0.3 is 0 Å². The second-order valence-electron chi connectivity index (χ2n) is 4.61. The summed E-state index contributed by atoms with van der Waals surface area (Å²) in [5.41, 5.74) is 2.91. The number of nitriles is 1. The van der Waals surface area contributed by atoms with Crippen LogP contribution in [0, 0.1) is 11.3 Å². The molecule has 0 radical (unpaired) electrons. The minimum Gasteiger partial charge on any atom is -0.396 e. The second kappa shape index (κ2) is 8.35. The minimum atomic E-state index is 0.247. The van der Waals surface area contributed by atoms with Gasteiger partial charge < -0.3 is 10.4 Å². The molecule has 0 bridgehead atoms. The van der Waals surface area contributed by atoms with Crippen molar-refractivity contribution < 1.29 is 5.11 Å². The summed E-state index contributed by atoms with van der Waals surface area (Å²) < 4.78 is 0. The third-order valence-corrected chi connectivity index (χ3v) is 4.10. The van der Waals surface area contributed by atoms with Gasteiger partial charge in [-0.1, -0.05) is 12.1 Å². The molecule has 0 unspecified atom stereocenters. The number of anilines is 1. The molecule has 0 heterocycles. The van der Waals surface area contributed by atoms with Crippen molar-refractivity contribution >= 4 is 17.4 Å². The first-order valence-corrected chi connectivity index (χ1v) is 7.87. The van der Waals surface area contributed by atoms with E-state index in [0.29, 0.717) is 5.56 Å². The summed E-state index contributed by atoms with van der Waals surface area (Å²) in [6.07, 6.45) is 0.823. The molecule has 0 aliphatic carbocycles. The average Bonchev–Trinajstić information content (AvgIpc) is 2.55. The summed E-state index contributed by atoms with van der Waals surface area (Å²) >= 11 is 1.75. The molecular weight excluding hydrogens is 280 g/mol. The van der Waals surface area contributed by atoms with Crippen LogP contribution in [-0.4, -0.2) is 17.5 Å². The highest BCUT2D eigenvalue weighted by Gasteiger charge is 1.97. The van der Waals surface area contributed by atoms with E-state index in [1.807, 2.05) is 24.3 Å². The predicted molar refractivity (Wildman–Crippen MR) is 87.4 cm³/mol. The average molecular weight is 298 g/mol. The Morgan fingerprint density at radius 3 is 2.38 bits per heavy atom. The maximum atomic E-state index is 8.76. The fourth-order valence-electron chi connectivity index (χ4n) is 1.82. The molecule has 3 nitrogen and oxygen atoms in total. The molecule has 0 aliphatic rings. The molecule has 0 saturated heterocycles. The molecule has 2 rings (SSSR count). The Morgan fingerprint density at radius 2 is 1.76 bits per heavy atom. The minimum absolute atomic E-state index is 0.247. The van der Waals surface area contributed by atoms with E-state index in [-0.39, 0.29) is 6.61 Å². The van der Waals surface area contributed by atoms with E-state index in [4.69, 9.17) is 10.4 Å². The normalized spacial score (nSPS) is 10.1. The van der Waals surface area contributed by atoms with Gasteiger partial charge in [-0.3, -0.25) is 0 Å². The van der Waals surface area contributed by atoms with Crippen LogP contribution in [0.3, 0.4) is 0 Å². The van der Waals surface area contributed by atoms with Crippen molar-refractivity contribution in [1.29, 1.82) is 5.26 Å².